The fourth-order valence-electron chi connectivity index (χ4n) is 2.10. The largest absolute Gasteiger partial charge is 0.458 e. The summed E-state index contributed by atoms with van der Waals surface area (Å²) in [6.45, 7) is 12.3. The topological polar surface area (TPSA) is 35.5 Å². The molecule has 0 heterocycles. The lowest BCUT2D eigenvalue weighted by Gasteiger charge is -2.41. The number of ether oxygens (including phenoxy) is 2. The SMILES string of the molecule is CC(=O)OC1/C=C\C(OC(C)(C)C(C)(C)C)CCCC1. The van der Waals surface area contributed by atoms with Gasteiger partial charge in [0, 0.05) is 6.92 Å². The normalized spacial score (nSPS) is 26.5. The maximum atomic E-state index is 11.1. The number of carbonyl (C=O) groups excluding carboxylic acids is 1. The molecule has 2 unspecified atom stereocenters. The Kier molecular flexibility index (Phi) is 5.81. The molecule has 0 radical (unpaired) electrons. The highest BCUT2D eigenvalue weighted by Crippen LogP contribution is 2.35. The summed E-state index contributed by atoms with van der Waals surface area (Å²) >= 11 is 0. The van der Waals surface area contributed by atoms with Gasteiger partial charge < -0.3 is 9.47 Å². The van der Waals surface area contributed by atoms with Gasteiger partial charge in [0.15, 0.2) is 0 Å². The Morgan fingerprint density at radius 2 is 1.50 bits per heavy atom. The van der Waals surface area contributed by atoms with E-state index in [2.05, 4.69) is 40.7 Å². The van der Waals surface area contributed by atoms with Crippen LogP contribution in [0.2, 0.25) is 0 Å². The van der Waals surface area contributed by atoms with E-state index in [1.165, 1.54) is 6.92 Å². The van der Waals surface area contributed by atoms with Crippen LogP contribution in [0.1, 0.15) is 67.2 Å². The number of rotatable bonds is 3. The Hall–Kier alpha value is -0.830. The van der Waals surface area contributed by atoms with Crippen molar-refractivity contribution in [1.29, 1.82) is 0 Å². The van der Waals surface area contributed by atoms with Gasteiger partial charge in [-0.05, 0) is 44.6 Å². The second kappa shape index (κ2) is 6.75. The average Bonchev–Trinajstić information content (AvgIpc) is 2.24. The van der Waals surface area contributed by atoms with E-state index >= 15 is 0 Å². The van der Waals surface area contributed by atoms with Crippen LogP contribution in [0.3, 0.4) is 0 Å². The summed E-state index contributed by atoms with van der Waals surface area (Å²) in [4.78, 5) is 11.1. The van der Waals surface area contributed by atoms with Gasteiger partial charge in [0.1, 0.15) is 6.10 Å². The Morgan fingerprint density at radius 3 is 2.00 bits per heavy atom. The Labute approximate surface area is 123 Å². The van der Waals surface area contributed by atoms with Crippen molar-refractivity contribution in [2.45, 2.75) is 85.0 Å². The zero-order valence-corrected chi connectivity index (χ0v) is 13.9. The van der Waals surface area contributed by atoms with Gasteiger partial charge >= 0.3 is 5.97 Å². The smallest absolute Gasteiger partial charge is 0.303 e. The van der Waals surface area contributed by atoms with Crippen LogP contribution in [0.5, 0.6) is 0 Å². The van der Waals surface area contributed by atoms with Crippen molar-refractivity contribution < 1.29 is 14.3 Å². The molecule has 0 bridgehead atoms. The third-order valence-corrected chi connectivity index (χ3v) is 4.34. The molecule has 116 valence electrons. The van der Waals surface area contributed by atoms with Gasteiger partial charge in [0.25, 0.3) is 0 Å². The van der Waals surface area contributed by atoms with Gasteiger partial charge in [-0.15, -0.1) is 0 Å². The summed E-state index contributed by atoms with van der Waals surface area (Å²) in [6, 6.07) is 0. The summed E-state index contributed by atoms with van der Waals surface area (Å²) < 4.78 is 11.6. The summed E-state index contributed by atoms with van der Waals surface area (Å²) in [5.74, 6) is -0.215. The monoisotopic (exact) mass is 282 g/mol. The molecule has 0 fully saturated rings. The zero-order chi connectivity index (χ0) is 15.4. The molecule has 3 heteroatoms. The highest BCUT2D eigenvalue weighted by Gasteiger charge is 2.35. The van der Waals surface area contributed by atoms with Crippen molar-refractivity contribution >= 4 is 5.97 Å². The molecule has 0 saturated heterocycles. The predicted molar refractivity (Wildman–Crippen MR) is 81.6 cm³/mol. The fraction of sp³-hybridized carbons (Fsp3) is 0.824. The maximum Gasteiger partial charge on any atom is 0.303 e. The standard InChI is InChI=1S/C17H30O3/c1-13(18)19-14-9-7-8-10-15(12-11-14)20-17(5,6)16(2,3)4/h11-12,14-15H,7-10H2,1-6H3/b12-11-. The Morgan fingerprint density at radius 1 is 1.00 bits per heavy atom. The molecule has 3 nitrogen and oxygen atoms in total. The van der Waals surface area contributed by atoms with Crippen LogP contribution < -0.4 is 0 Å². The molecule has 0 amide bonds. The van der Waals surface area contributed by atoms with E-state index in [4.69, 9.17) is 9.47 Å². The van der Waals surface area contributed by atoms with Gasteiger partial charge in [-0.2, -0.15) is 0 Å². The minimum absolute atomic E-state index is 0.0818. The molecule has 0 N–H and O–H groups in total. The van der Waals surface area contributed by atoms with Crippen LogP contribution in [-0.4, -0.2) is 23.8 Å². The van der Waals surface area contributed by atoms with Crippen LogP contribution in [0, 0.1) is 5.41 Å². The van der Waals surface area contributed by atoms with Gasteiger partial charge in [-0.25, -0.2) is 0 Å². The fourth-order valence-corrected chi connectivity index (χ4v) is 2.10. The van der Waals surface area contributed by atoms with E-state index < -0.39 is 0 Å². The summed E-state index contributed by atoms with van der Waals surface area (Å²) in [6.07, 6.45) is 8.17. The first-order valence-corrected chi connectivity index (χ1v) is 7.65. The first-order chi connectivity index (χ1) is 9.12. The lowest BCUT2D eigenvalue weighted by atomic mass is 9.79. The van der Waals surface area contributed by atoms with E-state index in [0.29, 0.717) is 0 Å². The highest BCUT2D eigenvalue weighted by molar-refractivity contribution is 5.66. The van der Waals surface area contributed by atoms with Crippen LogP contribution in [-0.2, 0) is 14.3 Å². The van der Waals surface area contributed by atoms with Crippen molar-refractivity contribution in [3.63, 3.8) is 0 Å². The van der Waals surface area contributed by atoms with Gasteiger partial charge in [-0.3, -0.25) is 4.79 Å². The van der Waals surface area contributed by atoms with E-state index in [-0.39, 0.29) is 29.2 Å². The van der Waals surface area contributed by atoms with Gasteiger partial charge in [-0.1, -0.05) is 33.3 Å². The number of hydrogen-bond acceptors (Lipinski definition) is 3. The summed E-state index contributed by atoms with van der Waals surface area (Å²) in [7, 11) is 0. The highest BCUT2D eigenvalue weighted by atomic mass is 16.5. The quantitative estimate of drug-likeness (QED) is 0.573. The molecule has 0 aromatic heterocycles. The predicted octanol–water partition coefficient (Wildman–Crippen LogP) is 4.26. The third kappa shape index (κ3) is 5.28. The molecule has 0 spiro atoms. The van der Waals surface area contributed by atoms with Crippen LogP contribution in [0.25, 0.3) is 0 Å². The van der Waals surface area contributed by atoms with Gasteiger partial charge in [0.2, 0.25) is 0 Å². The second-order valence-electron chi connectivity index (χ2n) is 7.23. The number of esters is 1. The molecular formula is C17H30O3. The molecular weight excluding hydrogens is 252 g/mol. The maximum absolute atomic E-state index is 11.1. The molecule has 0 aromatic rings. The molecule has 0 aliphatic heterocycles. The van der Waals surface area contributed by atoms with Crippen molar-refractivity contribution in [3.8, 4) is 0 Å². The van der Waals surface area contributed by atoms with Crippen LogP contribution >= 0.6 is 0 Å². The summed E-state index contributed by atoms with van der Waals surface area (Å²) in [5.41, 5.74) is -0.114. The van der Waals surface area contributed by atoms with Crippen LogP contribution in [0.4, 0.5) is 0 Å². The minimum Gasteiger partial charge on any atom is -0.458 e. The molecule has 1 rings (SSSR count). The number of hydrogen-bond donors (Lipinski definition) is 0. The molecule has 20 heavy (non-hydrogen) atoms. The first-order valence-electron chi connectivity index (χ1n) is 7.65. The van der Waals surface area contributed by atoms with Crippen molar-refractivity contribution in [3.05, 3.63) is 12.2 Å². The average molecular weight is 282 g/mol. The van der Waals surface area contributed by atoms with E-state index in [1.807, 2.05) is 6.08 Å². The zero-order valence-electron chi connectivity index (χ0n) is 13.9. The summed E-state index contributed by atoms with van der Waals surface area (Å²) in [5, 5.41) is 0. The van der Waals surface area contributed by atoms with Crippen LogP contribution in [0.15, 0.2) is 12.2 Å². The van der Waals surface area contributed by atoms with Crippen molar-refractivity contribution in [2.75, 3.05) is 0 Å². The van der Waals surface area contributed by atoms with E-state index in [9.17, 15) is 4.79 Å². The Bertz CT molecular complexity index is 350. The molecule has 0 aromatic carbocycles. The molecule has 0 saturated carbocycles. The minimum atomic E-state index is -0.215. The molecule has 2 atom stereocenters. The first kappa shape index (κ1) is 17.2. The van der Waals surface area contributed by atoms with E-state index in [1.54, 1.807) is 0 Å². The van der Waals surface area contributed by atoms with Crippen molar-refractivity contribution in [2.24, 2.45) is 5.41 Å². The molecule has 1 aliphatic carbocycles. The van der Waals surface area contributed by atoms with E-state index in [0.717, 1.165) is 25.7 Å². The third-order valence-electron chi connectivity index (χ3n) is 4.34. The lowest BCUT2D eigenvalue weighted by molar-refractivity contribution is -0.144. The van der Waals surface area contributed by atoms with Crippen molar-refractivity contribution in [1.82, 2.24) is 0 Å². The number of carbonyl (C=O) groups is 1. The Balaban J connectivity index is 2.70. The lowest BCUT2D eigenvalue weighted by Crippen LogP contribution is -2.42. The molecule has 1 aliphatic rings. The van der Waals surface area contributed by atoms with Gasteiger partial charge in [0.05, 0.1) is 11.7 Å². The second-order valence-corrected chi connectivity index (χ2v) is 7.23.